The molecular weight excluding hydrogens is 459 g/mol. The minimum absolute atomic E-state index is 0.121. The molecule has 2 aromatic rings. The van der Waals surface area contributed by atoms with Crippen molar-refractivity contribution in [3.05, 3.63) is 63.1 Å². The Morgan fingerprint density at radius 2 is 1.79 bits per heavy atom. The van der Waals surface area contributed by atoms with Crippen molar-refractivity contribution in [2.75, 3.05) is 6.61 Å². The van der Waals surface area contributed by atoms with Gasteiger partial charge < -0.3 is 15.0 Å². The maximum absolute atomic E-state index is 13.3. The first-order chi connectivity index (χ1) is 15.8. The molecule has 2 amide bonds. The molecule has 1 aliphatic rings. The van der Waals surface area contributed by atoms with E-state index >= 15 is 0 Å². The first kappa shape index (κ1) is 25.4. The normalized spacial score (nSPS) is 14.7. The van der Waals surface area contributed by atoms with Crippen molar-refractivity contribution in [3.8, 4) is 5.75 Å². The smallest absolute Gasteiger partial charge is 0.261 e. The molecule has 1 unspecified atom stereocenters. The Hall–Kier alpha value is -2.24. The molecule has 3 rings (SSSR count). The Labute approximate surface area is 206 Å². The Morgan fingerprint density at radius 1 is 1.06 bits per heavy atom. The number of nitrogens with one attached hydrogen (secondary N) is 1. The molecule has 7 heteroatoms. The van der Waals surface area contributed by atoms with E-state index in [1.165, 1.54) is 0 Å². The van der Waals surface area contributed by atoms with E-state index in [1.54, 1.807) is 17.0 Å². The van der Waals surface area contributed by atoms with Crippen LogP contribution in [0.3, 0.4) is 0 Å². The third kappa shape index (κ3) is 6.87. The summed E-state index contributed by atoms with van der Waals surface area (Å²) in [6.45, 7) is 6.02. The number of ether oxygens (including phenoxy) is 1. The lowest BCUT2D eigenvalue weighted by Crippen LogP contribution is -2.52. The molecule has 1 atom stereocenters. The second-order valence-corrected chi connectivity index (χ2v) is 9.53. The Balaban J connectivity index is 1.78. The molecule has 2 aromatic carbocycles. The van der Waals surface area contributed by atoms with E-state index < -0.39 is 6.04 Å². The molecule has 1 aliphatic carbocycles. The molecule has 0 aromatic heterocycles. The summed E-state index contributed by atoms with van der Waals surface area (Å²) in [6, 6.07) is 10.6. The topological polar surface area (TPSA) is 58.6 Å². The van der Waals surface area contributed by atoms with Gasteiger partial charge in [0, 0.05) is 12.6 Å². The summed E-state index contributed by atoms with van der Waals surface area (Å²) in [5.74, 6) is 0.251. The van der Waals surface area contributed by atoms with Crippen LogP contribution in [0.25, 0.3) is 0 Å². The fourth-order valence-corrected chi connectivity index (χ4v) is 4.47. The largest absolute Gasteiger partial charge is 0.484 e. The van der Waals surface area contributed by atoms with Gasteiger partial charge in [0.15, 0.2) is 6.61 Å². The Bertz CT molecular complexity index is 989. The summed E-state index contributed by atoms with van der Waals surface area (Å²) in [4.78, 5) is 28.1. The van der Waals surface area contributed by atoms with Crippen LogP contribution in [0.5, 0.6) is 5.75 Å². The molecule has 0 radical (unpaired) electrons. The van der Waals surface area contributed by atoms with E-state index in [9.17, 15) is 9.59 Å². The highest BCUT2D eigenvalue weighted by molar-refractivity contribution is 6.42. The van der Waals surface area contributed by atoms with E-state index in [0.29, 0.717) is 22.2 Å². The number of amides is 2. The highest BCUT2D eigenvalue weighted by Crippen LogP contribution is 2.25. The minimum atomic E-state index is -0.601. The lowest BCUT2D eigenvalue weighted by molar-refractivity contribution is -0.143. The standard InChI is InChI=1S/C26H32Cl2N2O3/c1-4-24(26(32)29-20-7-5-6-8-20)30(15-19-10-12-22(27)23(28)14-19)25(31)16-33-21-11-9-17(2)18(3)13-21/h9-14,20,24H,4-8,15-16H2,1-3H3,(H,29,32). The van der Waals surface area contributed by atoms with Gasteiger partial charge in [0.2, 0.25) is 5.91 Å². The van der Waals surface area contributed by atoms with E-state index in [4.69, 9.17) is 27.9 Å². The van der Waals surface area contributed by atoms with Gasteiger partial charge in [-0.2, -0.15) is 0 Å². The van der Waals surface area contributed by atoms with E-state index in [0.717, 1.165) is 42.4 Å². The zero-order valence-corrected chi connectivity index (χ0v) is 21.0. The monoisotopic (exact) mass is 490 g/mol. The highest BCUT2D eigenvalue weighted by Gasteiger charge is 2.31. The van der Waals surface area contributed by atoms with Gasteiger partial charge >= 0.3 is 0 Å². The van der Waals surface area contributed by atoms with E-state index in [1.807, 2.05) is 45.0 Å². The number of benzene rings is 2. The zero-order valence-electron chi connectivity index (χ0n) is 19.5. The van der Waals surface area contributed by atoms with Crippen LogP contribution in [0.4, 0.5) is 0 Å². The lowest BCUT2D eigenvalue weighted by Gasteiger charge is -2.31. The summed E-state index contributed by atoms with van der Waals surface area (Å²) in [6.07, 6.45) is 4.71. The molecule has 0 heterocycles. The maximum atomic E-state index is 13.3. The molecule has 0 aliphatic heterocycles. The number of carbonyl (C=O) groups is 2. The Morgan fingerprint density at radius 3 is 2.42 bits per heavy atom. The van der Waals surface area contributed by atoms with Gasteiger partial charge in [0.05, 0.1) is 10.0 Å². The molecule has 0 spiro atoms. The summed E-state index contributed by atoms with van der Waals surface area (Å²) in [5.41, 5.74) is 3.05. The summed E-state index contributed by atoms with van der Waals surface area (Å²) in [5, 5.41) is 4.00. The third-order valence-electron chi connectivity index (χ3n) is 6.27. The van der Waals surface area contributed by atoms with Gasteiger partial charge in [-0.15, -0.1) is 0 Å². The first-order valence-electron chi connectivity index (χ1n) is 11.5. The molecule has 0 bridgehead atoms. The molecule has 1 fully saturated rings. The van der Waals surface area contributed by atoms with Crippen molar-refractivity contribution >= 4 is 35.0 Å². The van der Waals surface area contributed by atoms with Crippen LogP contribution in [-0.4, -0.2) is 35.4 Å². The van der Waals surface area contributed by atoms with Crippen LogP contribution in [0.1, 0.15) is 55.7 Å². The van der Waals surface area contributed by atoms with Crippen molar-refractivity contribution < 1.29 is 14.3 Å². The SMILES string of the molecule is CCC(C(=O)NC1CCCC1)N(Cc1ccc(Cl)c(Cl)c1)C(=O)COc1ccc(C)c(C)c1. The molecular formula is C26H32Cl2N2O3. The third-order valence-corrected chi connectivity index (χ3v) is 7.00. The molecule has 178 valence electrons. The van der Waals surface area contributed by atoms with Gasteiger partial charge in [0.25, 0.3) is 5.91 Å². The van der Waals surface area contributed by atoms with Crippen LogP contribution in [0.2, 0.25) is 10.0 Å². The van der Waals surface area contributed by atoms with Crippen molar-refractivity contribution in [2.45, 2.75) is 71.5 Å². The minimum Gasteiger partial charge on any atom is -0.484 e. The maximum Gasteiger partial charge on any atom is 0.261 e. The van der Waals surface area contributed by atoms with Crippen LogP contribution < -0.4 is 10.1 Å². The quantitative estimate of drug-likeness (QED) is 0.479. The van der Waals surface area contributed by atoms with Gasteiger partial charge in [-0.05, 0) is 74.1 Å². The van der Waals surface area contributed by atoms with Crippen LogP contribution in [0.15, 0.2) is 36.4 Å². The summed E-state index contributed by atoms with van der Waals surface area (Å²) < 4.78 is 5.80. The Kier molecular flexibility index (Phi) is 9.04. The summed E-state index contributed by atoms with van der Waals surface area (Å²) >= 11 is 12.3. The number of rotatable bonds is 9. The molecule has 1 saturated carbocycles. The molecule has 0 saturated heterocycles. The van der Waals surface area contributed by atoms with Gasteiger partial charge in [0.1, 0.15) is 11.8 Å². The van der Waals surface area contributed by atoms with Crippen LogP contribution >= 0.6 is 23.2 Å². The van der Waals surface area contributed by atoms with Gasteiger partial charge in [-0.25, -0.2) is 0 Å². The van der Waals surface area contributed by atoms with Crippen molar-refractivity contribution in [3.63, 3.8) is 0 Å². The fraction of sp³-hybridized carbons (Fsp3) is 0.462. The zero-order chi connectivity index (χ0) is 24.0. The second-order valence-electron chi connectivity index (χ2n) is 8.72. The van der Waals surface area contributed by atoms with Crippen LogP contribution in [0, 0.1) is 13.8 Å². The van der Waals surface area contributed by atoms with Crippen LogP contribution in [-0.2, 0) is 16.1 Å². The van der Waals surface area contributed by atoms with Gasteiger partial charge in [-0.3, -0.25) is 9.59 Å². The second kappa shape index (κ2) is 11.8. The number of hydrogen-bond donors (Lipinski definition) is 1. The van der Waals surface area contributed by atoms with E-state index in [2.05, 4.69) is 5.32 Å². The average Bonchev–Trinajstić information content (AvgIpc) is 3.29. The number of hydrogen-bond acceptors (Lipinski definition) is 3. The molecule has 1 N–H and O–H groups in total. The van der Waals surface area contributed by atoms with Gasteiger partial charge in [-0.1, -0.05) is 55.1 Å². The number of aryl methyl sites for hydroxylation is 2. The fourth-order valence-electron chi connectivity index (χ4n) is 4.15. The number of carbonyl (C=O) groups excluding carboxylic acids is 2. The summed E-state index contributed by atoms with van der Waals surface area (Å²) in [7, 11) is 0. The van der Waals surface area contributed by atoms with Crippen molar-refractivity contribution in [1.82, 2.24) is 10.2 Å². The van der Waals surface area contributed by atoms with Crippen molar-refractivity contribution in [2.24, 2.45) is 0 Å². The number of nitrogens with zero attached hydrogens (tertiary/aromatic N) is 1. The lowest BCUT2D eigenvalue weighted by atomic mass is 10.1. The van der Waals surface area contributed by atoms with E-state index in [-0.39, 0.29) is 31.0 Å². The average molecular weight is 491 g/mol. The molecule has 5 nitrogen and oxygen atoms in total. The predicted octanol–water partition coefficient (Wildman–Crippen LogP) is 5.86. The predicted molar refractivity (Wildman–Crippen MR) is 133 cm³/mol. The highest BCUT2D eigenvalue weighted by atomic mass is 35.5. The first-order valence-corrected chi connectivity index (χ1v) is 12.3. The molecule has 33 heavy (non-hydrogen) atoms. The number of halogens is 2. The van der Waals surface area contributed by atoms with Crippen molar-refractivity contribution in [1.29, 1.82) is 0 Å².